The van der Waals surface area contributed by atoms with Gasteiger partial charge < -0.3 is 10.1 Å². The van der Waals surface area contributed by atoms with E-state index in [4.69, 9.17) is 11.6 Å². The number of rotatable bonds is 8. The maximum Gasteiger partial charge on any atom is 0.330 e. The van der Waals surface area contributed by atoms with E-state index in [0.29, 0.717) is 6.54 Å². The third kappa shape index (κ3) is 5.41. The first-order chi connectivity index (χ1) is 9.77. The molecule has 0 saturated carbocycles. The standard InChI is InChI=1S/C13H15ClF5NO/c1-2-20-11(6-21-7-13(18,19)12(16)17)9-4-3-8(14)5-10(9)15/h3-5,11-12,20H,2,6-7H2,1H3. The molecule has 0 amide bonds. The smallest absolute Gasteiger partial charge is 0.330 e. The van der Waals surface area contributed by atoms with Crippen molar-refractivity contribution in [2.45, 2.75) is 25.3 Å². The van der Waals surface area contributed by atoms with Gasteiger partial charge in [-0.15, -0.1) is 0 Å². The molecule has 1 rings (SSSR count). The molecule has 0 bridgehead atoms. The third-order valence-electron chi connectivity index (χ3n) is 2.69. The van der Waals surface area contributed by atoms with Crippen LogP contribution in [0.3, 0.4) is 0 Å². The molecule has 0 aliphatic rings. The average molecular weight is 332 g/mol. The molecule has 0 aliphatic carbocycles. The van der Waals surface area contributed by atoms with Gasteiger partial charge in [-0.05, 0) is 18.7 Å². The predicted molar refractivity (Wildman–Crippen MR) is 69.6 cm³/mol. The number of hydrogen-bond donors (Lipinski definition) is 1. The van der Waals surface area contributed by atoms with Crippen LogP contribution < -0.4 is 5.32 Å². The van der Waals surface area contributed by atoms with Crippen molar-refractivity contribution >= 4 is 11.6 Å². The molecule has 0 spiro atoms. The Bertz CT molecular complexity index is 458. The lowest BCUT2D eigenvalue weighted by molar-refractivity contribution is -0.167. The molecule has 1 unspecified atom stereocenters. The topological polar surface area (TPSA) is 21.3 Å². The second-order valence-electron chi connectivity index (χ2n) is 4.35. The van der Waals surface area contributed by atoms with Crippen LogP contribution in [0.5, 0.6) is 0 Å². The monoisotopic (exact) mass is 331 g/mol. The highest BCUT2D eigenvalue weighted by molar-refractivity contribution is 6.30. The van der Waals surface area contributed by atoms with Gasteiger partial charge in [0.05, 0.1) is 12.6 Å². The van der Waals surface area contributed by atoms with Crippen LogP contribution in [0.15, 0.2) is 18.2 Å². The molecule has 0 aromatic heterocycles. The van der Waals surface area contributed by atoms with Gasteiger partial charge in [0.1, 0.15) is 12.4 Å². The van der Waals surface area contributed by atoms with E-state index in [2.05, 4.69) is 10.1 Å². The van der Waals surface area contributed by atoms with Gasteiger partial charge in [0.15, 0.2) is 0 Å². The van der Waals surface area contributed by atoms with Gasteiger partial charge in [0, 0.05) is 10.6 Å². The molecule has 0 aliphatic heterocycles. The van der Waals surface area contributed by atoms with Gasteiger partial charge in [-0.25, -0.2) is 13.2 Å². The van der Waals surface area contributed by atoms with Crippen molar-refractivity contribution in [2.24, 2.45) is 0 Å². The minimum absolute atomic E-state index is 0.168. The van der Waals surface area contributed by atoms with Crippen LogP contribution in [0.1, 0.15) is 18.5 Å². The Labute approximate surface area is 124 Å². The molecule has 1 aromatic carbocycles. The summed E-state index contributed by atoms with van der Waals surface area (Å²) in [5, 5.41) is 3.03. The number of halogens is 6. The van der Waals surface area contributed by atoms with Crippen molar-refractivity contribution in [3.8, 4) is 0 Å². The van der Waals surface area contributed by atoms with Crippen LogP contribution in [0.2, 0.25) is 5.02 Å². The number of alkyl halides is 4. The second-order valence-corrected chi connectivity index (χ2v) is 4.79. The van der Waals surface area contributed by atoms with Gasteiger partial charge in [-0.2, -0.15) is 8.78 Å². The number of hydrogen-bond acceptors (Lipinski definition) is 2. The van der Waals surface area contributed by atoms with Crippen molar-refractivity contribution in [3.63, 3.8) is 0 Å². The molecular weight excluding hydrogens is 317 g/mol. The fourth-order valence-electron chi connectivity index (χ4n) is 1.67. The molecule has 2 nitrogen and oxygen atoms in total. The molecule has 1 atom stereocenters. The first-order valence-electron chi connectivity index (χ1n) is 6.20. The van der Waals surface area contributed by atoms with Crippen molar-refractivity contribution in [1.82, 2.24) is 5.32 Å². The van der Waals surface area contributed by atoms with Gasteiger partial charge >= 0.3 is 12.3 Å². The fourth-order valence-corrected chi connectivity index (χ4v) is 1.82. The fraction of sp³-hybridized carbons (Fsp3) is 0.538. The summed E-state index contributed by atoms with van der Waals surface area (Å²) in [4.78, 5) is 0. The minimum atomic E-state index is -4.23. The van der Waals surface area contributed by atoms with E-state index in [0.717, 1.165) is 6.07 Å². The summed E-state index contributed by atoms with van der Waals surface area (Å²) < 4.78 is 67.8. The molecule has 1 N–H and O–H groups in total. The zero-order valence-electron chi connectivity index (χ0n) is 11.2. The maximum absolute atomic E-state index is 13.8. The summed E-state index contributed by atoms with van der Waals surface area (Å²) in [6, 6.07) is 3.17. The van der Waals surface area contributed by atoms with Crippen molar-refractivity contribution in [2.75, 3.05) is 19.8 Å². The Kier molecular flexibility index (Phi) is 6.83. The number of nitrogens with one attached hydrogen (secondary N) is 1. The number of likely N-dealkylation sites (N-methyl/N-ethyl adjacent to an activating group) is 1. The summed E-state index contributed by atoms with van der Waals surface area (Å²) in [6.45, 7) is 0.354. The molecule has 0 saturated heterocycles. The molecular formula is C13H15ClF5NO. The minimum Gasteiger partial charge on any atom is -0.373 e. The van der Waals surface area contributed by atoms with Crippen LogP contribution >= 0.6 is 11.6 Å². The summed E-state index contributed by atoms with van der Waals surface area (Å²) in [7, 11) is 0. The van der Waals surface area contributed by atoms with Crippen LogP contribution in [0, 0.1) is 5.82 Å². The van der Waals surface area contributed by atoms with Crippen molar-refractivity contribution in [1.29, 1.82) is 0 Å². The van der Waals surface area contributed by atoms with E-state index in [1.54, 1.807) is 6.92 Å². The molecule has 8 heteroatoms. The Morgan fingerprint density at radius 3 is 2.52 bits per heavy atom. The van der Waals surface area contributed by atoms with Gasteiger partial charge in [0.25, 0.3) is 0 Å². The average Bonchev–Trinajstić information content (AvgIpc) is 2.37. The van der Waals surface area contributed by atoms with E-state index in [1.807, 2.05) is 0 Å². The Morgan fingerprint density at radius 1 is 1.33 bits per heavy atom. The summed E-state index contributed by atoms with van der Waals surface area (Å²) in [5.41, 5.74) is 0.168. The highest BCUT2D eigenvalue weighted by atomic mass is 35.5. The molecule has 0 radical (unpaired) electrons. The molecule has 1 aromatic rings. The molecule has 0 fully saturated rings. The van der Waals surface area contributed by atoms with Crippen LogP contribution in [0.25, 0.3) is 0 Å². The zero-order chi connectivity index (χ0) is 16.0. The number of benzene rings is 1. The largest absolute Gasteiger partial charge is 0.373 e. The molecule has 21 heavy (non-hydrogen) atoms. The SMILES string of the molecule is CCNC(COCC(F)(F)C(F)F)c1ccc(Cl)cc1F. The normalized spacial score (nSPS) is 13.7. The highest BCUT2D eigenvalue weighted by Crippen LogP contribution is 2.25. The number of ether oxygens (including phenoxy) is 1. The Hall–Kier alpha value is -0.920. The van der Waals surface area contributed by atoms with Gasteiger partial charge in [-0.1, -0.05) is 24.6 Å². The van der Waals surface area contributed by atoms with E-state index in [-0.39, 0.29) is 17.2 Å². The van der Waals surface area contributed by atoms with Crippen LogP contribution in [0.4, 0.5) is 22.0 Å². The Balaban J connectivity index is 2.70. The third-order valence-corrected chi connectivity index (χ3v) is 2.92. The quantitative estimate of drug-likeness (QED) is 0.726. The van der Waals surface area contributed by atoms with E-state index >= 15 is 0 Å². The second kappa shape index (κ2) is 7.91. The Morgan fingerprint density at radius 2 is 2.00 bits per heavy atom. The van der Waals surface area contributed by atoms with Crippen molar-refractivity contribution in [3.05, 3.63) is 34.6 Å². The summed E-state index contributed by atoms with van der Waals surface area (Å²) in [5.74, 6) is -4.85. The molecule has 0 heterocycles. The van der Waals surface area contributed by atoms with Crippen LogP contribution in [-0.4, -0.2) is 32.1 Å². The summed E-state index contributed by atoms with van der Waals surface area (Å²) >= 11 is 5.62. The first kappa shape index (κ1) is 18.1. The first-order valence-corrected chi connectivity index (χ1v) is 6.57. The lowest BCUT2D eigenvalue weighted by atomic mass is 10.1. The van der Waals surface area contributed by atoms with E-state index < -0.39 is 30.8 Å². The van der Waals surface area contributed by atoms with Crippen molar-refractivity contribution < 1.29 is 26.7 Å². The van der Waals surface area contributed by atoms with Crippen LogP contribution in [-0.2, 0) is 4.74 Å². The van der Waals surface area contributed by atoms with E-state index in [9.17, 15) is 22.0 Å². The predicted octanol–water partition coefficient (Wildman–Crippen LogP) is 4.05. The lowest BCUT2D eigenvalue weighted by Gasteiger charge is -2.21. The highest BCUT2D eigenvalue weighted by Gasteiger charge is 2.41. The lowest BCUT2D eigenvalue weighted by Crippen LogP contribution is -2.34. The molecule has 120 valence electrons. The van der Waals surface area contributed by atoms with Gasteiger partial charge in [-0.3, -0.25) is 0 Å². The van der Waals surface area contributed by atoms with Gasteiger partial charge in [0.2, 0.25) is 0 Å². The van der Waals surface area contributed by atoms with E-state index in [1.165, 1.54) is 12.1 Å². The summed E-state index contributed by atoms with van der Waals surface area (Å²) in [6.07, 6.45) is -3.80. The maximum atomic E-state index is 13.8. The zero-order valence-corrected chi connectivity index (χ0v) is 11.9.